The van der Waals surface area contributed by atoms with Crippen molar-refractivity contribution in [1.82, 2.24) is 15.2 Å². The lowest BCUT2D eigenvalue weighted by Gasteiger charge is -2.33. The maximum absolute atomic E-state index is 12.0. The number of hydrogen-bond acceptors (Lipinski definition) is 5. The van der Waals surface area contributed by atoms with Crippen LogP contribution in [0.4, 0.5) is 0 Å². The summed E-state index contributed by atoms with van der Waals surface area (Å²) in [6, 6.07) is 3.94. The molecule has 0 radical (unpaired) electrons. The van der Waals surface area contributed by atoms with Crippen molar-refractivity contribution in [2.45, 2.75) is 39.2 Å². The van der Waals surface area contributed by atoms with Crippen molar-refractivity contribution in [3.05, 3.63) is 23.9 Å². The highest BCUT2D eigenvalue weighted by atomic mass is 16.5. The Morgan fingerprint density at radius 3 is 2.89 bits per heavy atom. The monoisotopic (exact) mass is 374 g/mol. The SMILES string of the molecule is CCOC(=O)C1CCCN(C(=NC)NCc2ccc(OCC3CC3)nc2)C1. The van der Waals surface area contributed by atoms with Gasteiger partial charge in [-0.1, -0.05) is 6.07 Å². The van der Waals surface area contributed by atoms with Crippen LogP contribution in [0, 0.1) is 11.8 Å². The van der Waals surface area contributed by atoms with E-state index in [2.05, 4.69) is 20.2 Å². The van der Waals surface area contributed by atoms with Crippen molar-refractivity contribution in [2.24, 2.45) is 16.8 Å². The lowest BCUT2D eigenvalue weighted by atomic mass is 9.98. The molecular formula is C20H30N4O3. The number of guanidine groups is 1. The third-order valence-electron chi connectivity index (χ3n) is 4.96. The van der Waals surface area contributed by atoms with Gasteiger partial charge < -0.3 is 19.7 Å². The molecule has 2 heterocycles. The molecular weight excluding hydrogens is 344 g/mol. The number of ether oxygens (including phenoxy) is 2. The zero-order valence-electron chi connectivity index (χ0n) is 16.3. The Labute approximate surface area is 161 Å². The molecule has 0 bridgehead atoms. The van der Waals surface area contributed by atoms with Crippen LogP contribution in [0.1, 0.15) is 38.2 Å². The van der Waals surface area contributed by atoms with E-state index in [1.165, 1.54) is 12.8 Å². The summed E-state index contributed by atoms with van der Waals surface area (Å²) < 4.78 is 10.8. The van der Waals surface area contributed by atoms with Gasteiger partial charge in [-0.2, -0.15) is 0 Å². The van der Waals surface area contributed by atoms with E-state index < -0.39 is 0 Å². The molecule has 1 N–H and O–H groups in total. The molecule has 0 spiro atoms. The number of aliphatic imine (C=N–C) groups is 1. The van der Waals surface area contributed by atoms with Gasteiger partial charge in [0.05, 0.1) is 19.1 Å². The van der Waals surface area contributed by atoms with Crippen molar-refractivity contribution in [1.29, 1.82) is 0 Å². The van der Waals surface area contributed by atoms with Crippen molar-refractivity contribution < 1.29 is 14.3 Å². The fourth-order valence-electron chi connectivity index (χ4n) is 3.22. The first-order valence-electron chi connectivity index (χ1n) is 9.89. The molecule has 1 unspecified atom stereocenters. The molecule has 1 aliphatic heterocycles. The Bertz CT molecular complexity index is 643. The molecule has 7 heteroatoms. The summed E-state index contributed by atoms with van der Waals surface area (Å²) in [6.07, 6.45) is 6.21. The van der Waals surface area contributed by atoms with Crippen molar-refractivity contribution in [3.63, 3.8) is 0 Å². The fraction of sp³-hybridized carbons (Fsp3) is 0.650. The van der Waals surface area contributed by atoms with Crippen molar-refractivity contribution in [3.8, 4) is 5.88 Å². The summed E-state index contributed by atoms with van der Waals surface area (Å²) in [5.41, 5.74) is 1.06. The Kier molecular flexibility index (Phi) is 6.90. The van der Waals surface area contributed by atoms with E-state index >= 15 is 0 Å². The van der Waals surface area contributed by atoms with E-state index in [0.29, 0.717) is 25.6 Å². The smallest absolute Gasteiger partial charge is 0.310 e. The quantitative estimate of drug-likeness (QED) is 0.448. The lowest BCUT2D eigenvalue weighted by molar-refractivity contribution is -0.149. The van der Waals surface area contributed by atoms with Gasteiger partial charge in [-0.15, -0.1) is 0 Å². The molecule has 7 nitrogen and oxygen atoms in total. The standard InChI is InChI=1S/C20H30N4O3/c1-3-26-19(25)17-5-4-10-24(13-17)20(21-2)23-12-16-8-9-18(22-11-16)27-14-15-6-7-15/h8-9,11,15,17H,3-7,10,12-14H2,1-2H3,(H,21,23). The van der Waals surface area contributed by atoms with Crippen LogP contribution < -0.4 is 10.1 Å². The number of carbonyl (C=O) groups is 1. The topological polar surface area (TPSA) is 76.0 Å². The van der Waals surface area contributed by atoms with Gasteiger partial charge >= 0.3 is 5.97 Å². The summed E-state index contributed by atoms with van der Waals surface area (Å²) in [5.74, 6) is 2.02. The van der Waals surface area contributed by atoms with E-state index in [0.717, 1.165) is 43.4 Å². The summed E-state index contributed by atoms with van der Waals surface area (Å²) >= 11 is 0. The van der Waals surface area contributed by atoms with E-state index in [1.54, 1.807) is 7.05 Å². The van der Waals surface area contributed by atoms with Gasteiger partial charge in [0.1, 0.15) is 0 Å². The molecule has 1 aromatic rings. The summed E-state index contributed by atoms with van der Waals surface area (Å²) in [4.78, 5) is 22.9. The normalized spacial score (nSPS) is 20.3. The minimum Gasteiger partial charge on any atom is -0.477 e. The second-order valence-electron chi connectivity index (χ2n) is 7.20. The highest BCUT2D eigenvalue weighted by Gasteiger charge is 2.28. The Hall–Kier alpha value is -2.31. The van der Waals surface area contributed by atoms with Gasteiger partial charge in [-0.25, -0.2) is 4.98 Å². The number of piperidine rings is 1. The van der Waals surface area contributed by atoms with E-state index in [9.17, 15) is 4.79 Å². The largest absolute Gasteiger partial charge is 0.477 e. The van der Waals surface area contributed by atoms with Crippen LogP contribution in [0.25, 0.3) is 0 Å². The van der Waals surface area contributed by atoms with Crippen molar-refractivity contribution >= 4 is 11.9 Å². The average Bonchev–Trinajstić information content (AvgIpc) is 3.53. The van der Waals surface area contributed by atoms with Crippen LogP contribution in [0.2, 0.25) is 0 Å². The van der Waals surface area contributed by atoms with Gasteiger partial charge in [0.2, 0.25) is 5.88 Å². The highest BCUT2D eigenvalue weighted by molar-refractivity contribution is 5.81. The molecule has 27 heavy (non-hydrogen) atoms. The summed E-state index contributed by atoms with van der Waals surface area (Å²) in [7, 11) is 1.77. The van der Waals surface area contributed by atoms with Crippen molar-refractivity contribution in [2.75, 3.05) is 33.4 Å². The molecule has 0 amide bonds. The number of aromatic nitrogens is 1. The zero-order chi connectivity index (χ0) is 19.1. The number of pyridine rings is 1. The maximum Gasteiger partial charge on any atom is 0.310 e. The number of likely N-dealkylation sites (tertiary alicyclic amines) is 1. The first kappa shape index (κ1) is 19.5. The number of rotatable bonds is 7. The van der Waals surface area contributed by atoms with Crippen LogP contribution in [-0.4, -0.2) is 55.2 Å². The van der Waals surface area contributed by atoms with Crippen LogP contribution in [0.5, 0.6) is 5.88 Å². The van der Waals surface area contributed by atoms with E-state index in [4.69, 9.17) is 9.47 Å². The number of hydrogen-bond donors (Lipinski definition) is 1. The minimum atomic E-state index is -0.108. The van der Waals surface area contributed by atoms with E-state index in [1.807, 2.05) is 25.3 Å². The molecule has 0 aromatic carbocycles. The van der Waals surface area contributed by atoms with Crippen LogP contribution >= 0.6 is 0 Å². The first-order valence-corrected chi connectivity index (χ1v) is 9.89. The van der Waals surface area contributed by atoms with Gasteiger partial charge in [-0.05, 0) is 44.1 Å². The predicted molar refractivity (Wildman–Crippen MR) is 104 cm³/mol. The molecule has 1 atom stereocenters. The Balaban J connectivity index is 1.48. The third kappa shape index (κ3) is 5.84. The lowest BCUT2D eigenvalue weighted by Crippen LogP contribution is -2.48. The van der Waals surface area contributed by atoms with Gasteiger partial charge in [0, 0.05) is 38.9 Å². The Morgan fingerprint density at radius 1 is 1.37 bits per heavy atom. The molecule has 2 aliphatic rings. The second kappa shape index (κ2) is 9.58. The van der Waals surface area contributed by atoms with Gasteiger partial charge in [0.25, 0.3) is 0 Å². The summed E-state index contributed by atoms with van der Waals surface area (Å²) in [5, 5.41) is 3.37. The first-order chi connectivity index (χ1) is 13.2. The van der Waals surface area contributed by atoms with Crippen LogP contribution in [0.3, 0.4) is 0 Å². The number of esters is 1. The van der Waals surface area contributed by atoms with Crippen LogP contribution in [-0.2, 0) is 16.1 Å². The van der Waals surface area contributed by atoms with Gasteiger partial charge in [-0.3, -0.25) is 9.79 Å². The molecule has 2 fully saturated rings. The second-order valence-corrected chi connectivity index (χ2v) is 7.20. The Morgan fingerprint density at radius 2 is 2.22 bits per heavy atom. The maximum atomic E-state index is 12.0. The summed E-state index contributed by atoms with van der Waals surface area (Å²) in [6.45, 7) is 5.20. The highest BCUT2D eigenvalue weighted by Crippen LogP contribution is 2.29. The molecule has 1 saturated carbocycles. The minimum absolute atomic E-state index is 0.0817. The average molecular weight is 374 g/mol. The predicted octanol–water partition coefficient (Wildman–Crippen LogP) is 2.22. The molecule has 1 aliphatic carbocycles. The van der Waals surface area contributed by atoms with Crippen LogP contribution in [0.15, 0.2) is 23.3 Å². The molecule has 1 aromatic heterocycles. The molecule has 3 rings (SSSR count). The number of nitrogens with zero attached hydrogens (tertiary/aromatic N) is 3. The number of nitrogens with one attached hydrogen (secondary N) is 1. The number of carbonyl (C=O) groups excluding carboxylic acids is 1. The van der Waals surface area contributed by atoms with Gasteiger partial charge in [0.15, 0.2) is 5.96 Å². The molecule has 1 saturated heterocycles. The molecule has 148 valence electrons. The fourth-order valence-corrected chi connectivity index (χ4v) is 3.22. The zero-order valence-corrected chi connectivity index (χ0v) is 16.3. The van der Waals surface area contributed by atoms with E-state index in [-0.39, 0.29) is 11.9 Å². The third-order valence-corrected chi connectivity index (χ3v) is 4.96.